The van der Waals surface area contributed by atoms with Crippen LogP contribution in [-0.4, -0.2) is 52.1 Å². The molecule has 0 spiro atoms. The highest BCUT2D eigenvalue weighted by atomic mass is 16.6. The average molecular weight is 330 g/mol. The van der Waals surface area contributed by atoms with Crippen LogP contribution in [0.15, 0.2) is 24.3 Å². The summed E-state index contributed by atoms with van der Waals surface area (Å²) in [5.74, 6) is -0.663. The lowest BCUT2D eigenvalue weighted by molar-refractivity contribution is -0.140. The first kappa shape index (κ1) is 23.6. The van der Waals surface area contributed by atoms with E-state index >= 15 is 0 Å². The van der Waals surface area contributed by atoms with E-state index in [9.17, 15) is 9.59 Å². The average Bonchev–Trinajstić information content (AvgIpc) is 2.51. The van der Waals surface area contributed by atoms with E-state index in [2.05, 4.69) is 20.1 Å². The predicted molar refractivity (Wildman–Crippen MR) is 89.1 cm³/mol. The molecule has 0 atom stereocenters. The molecule has 0 saturated carbocycles. The Morgan fingerprint density at radius 1 is 0.826 bits per heavy atom. The molecular weight excluding hydrogens is 300 g/mol. The highest BCUT2D eigenvalue weighted by molar-refractivity contribution is 5.87. The Hall–Kier alpha value is -1.66. The summed E-state index contributed by atoms with van der Waals surface area (Å²) in [6.07, 6.45) is 1.97. The maximum Gasteiger partial charge on any atom is 0.333 e. The molecule has 0 saturated heterocycles. The number of ether oxygens (including phenoxy) is 4. The molecule has 0 radical (unpaired) electrons. The number of carbonyl (C=O) groups is 2. The quantitative estimate of drug-likeness (QED) is 0.329. The summed E-state index contributed by atoms with van der Waals surface area (Å²) in [5.41, 5.74) is 0.869. The topological polar surface area (TPSA) is 71.1 Å². The Kier molecular flexibility index (Phi) is 17.1. The standard InChI is InChI=1S/C9H16O4.C8H14O2/c1-8(2)9(10)13-7-6-12-5-4-11-3;1-4-5-6-10-8(9)7(2)3/h1,4-7H2,2-3H3;2,4-6H2,1,3H3. The van der Waals surface area contributed by atoms with Crippen LogP contribution in [0, 0.1) is 0 Å². The number of esters is 2. The van der Waals surface area contributed by atoms with E-state index in [-0.39, 0.29) is 18.5 Å². The molecule has 0 N–H and O–H groups in total. The Labute approximate surface area is 139 Å². The zero-order chi connectivity index (χ0) is 18.1. The van der Waals surface area contributed by atoms with Crippen molar-refractivity contribution < 1.29 is 28.5 Å². The zero-order valence-electron chi connectivity index (χ0n) is 14.8. The van der Waals surface area contributed by atoms with E-state index in [0.29, 0.717) is 37.6 Å². The van der Waals surface area contributed by atoms with Crippen molar-refractivity contribution in [3.8, 4) is 0 Å². The van der Waals surface area contributed by atoms with Gasteiger partial charge in [0.15, 0.2) is 0 Å². The molecule has 0 aromatic carbocycles. The number of rotatable bonds is 11. The van der Waals surface area contributed by atoms with Gasteiger partial charge in [-0.1, -0.05) is 26.5 Å². The van der Waals surface area contributed by atoms with Crippen molar-refractivity contribution in [2.45, 2.75) is 33.6 Å². The summed E-state index contributed by atoms with van der Waals surface area (Å²) < 4.78 is 19.4. The van der Waals surface area contributed by atoms with E-state index in [1.54, 1.807) is 21.0 Å². The van der Waals surface area contributed by atoms with Crippen LogP contribution >= 0.6 is 0 Å². The third kappa shape index (κ3) is 18.3. The van der Waals surface area contributed by atoms with E-state index < -0.39 is 0 Å². The maximum absolute atomic E-state index is 10.8. The first-order valence-electron chi connectivity index (χ1n) is 7.58. The molecule has 134 valence electrons. The lowest BCUT2D eigenvalue weighted by Crippen LogP contribution is -2.12. The van der Waals surface area contributed by atoms with Crippen LogP contribution in [-0.2, 0) is 28.5 Å². The fraction of sp³-hybridized carbons (Fsp3) is 0.647. The molecule has 0 heterocycles. The van der Waals surface area contributed by atoms with Crippen LogP contribution in [0.5, 0.6) is 0 Å². The normalized spacial score (nSPS) is 9.39. The number of unbranched alkanes of at least 4 members (excludes halogenated alkanes) is 1. The molecule has 23 heavy (non-hydrogen) atoms. The zero-order valence-corrected chi connectivity index (χ0v) is 14.8. The van der Waals surface area contributed by atoms with Crippen LogP contribution < -0.4 is 0 Å². The molecule has 0 aliphatic rings. The van der Waals surface area contributed by atoms with Crippen LogP contribution in [0.25, 0.3) is 0 Å². The van der Waals surface area contributed by atoms with Gasteiger partial charge < -0.3 is 18.9 Å². The third-order valence-corrected chi connectivity index (χ3v) is 2.32. The molecule has 0 aliphatic carbocycles. The van der Waals surface area contributed by atoms with Crippen LogP contribution in [0.3, 0.4) is 0 Å². The maximum atomic E-state index is 10.8. The molecule has 0 fully saturated rings. The van der Waals surface area contributed by atoms with Crippen LogP contribution in [0.1, 0.15) is 33.6 Å². The SMILES string of the molecule is C=C(C)C(=O)OCCCC.C=C(C)C(=O)OCCOCCOC. The lowest BCUT2D eigenvalue weighted by Gasteiger charge is -2.04. The molecule has 0 aromatic rings. The molecule has 0 amide bonds. The van der Waals surface area contributed by atoms with Crippen molar-refractivity contribution in [1.29, 1.82) is 0 Å². The van der Waals surface area contributed by atoms with Gasteiger partial charge >= 0.3 is 11.9 Å². The Morgan fingerprint density at radius 3 is 1.74 bits per heavy atom. The Balaban J connectivity index is 0. The van der Waals surface area contributed by atoms with Gasteiger partial charge in [0.05, 0.1) is 26.4 Å². The molecule has 0 unspecified atom stereocenters. The summed E-state index contributed by atoms with van der Waals surface area (Å²) in [5, 5.41) is 0. The summed E-state index contributed by atoms with van der Waals surface area (Å²) in [7, 11) is 1.60. The monoisotopic (exact) mass is 330 g/mol. The third-order valence-electron chi connectivity index (χ3n) is 2.32. The Morgan fingerprint density at radius 2 is 1.30 bits per heavy atom. The van der Waals surface area contributed by atoms with Crippen molar-refractivity contribution in [2.75, 3.05) is 40.1 Å². The molecule has 0 bridgehead atoms. The summed E-state index contributed by atoms with van der Waals surface area (Å²) >= 11 is 0. The van der Waals surface area contributed by atoms with Crippen molar-refractivity contribution in [2.24, 2.45) is 0 Å². The minimum atomic E-state index is -0.379. The van der Waals surface area contributed by atoms with Gasteiger partial charge in [-0.05, 0) is 20.3 Å². The Bertz CT molecular complexity index is 362. The van der Waals surface area contributed by atoms with Gasteiger partial charge in [0.25, 0.3) is 0 Å². The minimum Gasteiger partial charge on any atom is -0.462 e. The molecular formula is C17H30O6. The first-order valence-corrected chi connectivity index (χ1v) is 7.58. The fourth-order valence-electron chi connectivity index (χ4n) is 0.993. The molecule has 6 heteroatoms. The predicted octanol–water partition coefficient (Wildman–Crippen LogP) is 2.67. The van der Waals surface area contributed by atoms with Crippen molar-refractivity contribution in [1.82, 2.24) is 0 Å². The van der Waals surface area contributed by atoms with Gasteiger partial charge in [0.1, 0.15) is 6.61 Å². The van der Waals surface area contributed by atoms with E-state index in [4.69, 9.17) is 18.9 Å². The first-order chi connectivity index (χ1) is 10.9. The van der Waals surface area contributed by atoms with Gasteiger partial charge in [-0.3, -0.25) is 0 Å². The largest absolute Gasteiger partial charge is 0.462 e. The van der Waals surface area contributed by atoms with Gasteiger partial charge in [0.2, 0.25) is 0 Å². The van der Waals surface area contributed by atoms with Gasteiger partial charge in [0, 0.05) is 18.3 Å². The van der Waals surface area contributed by atoms with Crippen LogP contribution in [0.2, 0.25) is 0 Å². The number of hydrogen-bond acceptors (Lipinski definition) is 6. The second kappa shape index (κ2) is 16.7. The molecule has 0 aromatic heterocycles. The lowest BCUT2D eigenvalue weighted by atomic mass is 10.3. The van der Waals surface area contributed by atoms with E-state index in [0.717, 1.165) is 12.8 Å². The smallest absolute Gasteiger partial charge is 0.333 e. The number of carbonyl (C=O) groups excluding carboxylic acids is 2. The number of methoxy groups -OCH3 is 1. The van der Waals surface area contributed by atoms with E-state index in [1.807, 2.05) is 0 Å². The summed E-state index contributed by atoms with van der Waals surface area (Å²) in [4.78, 5) is 21.5. The highest BCUT2D eigenvalue weighted by Crippen LogP contribution is 1.94. The molecule has 6 nitrogen and oxygen atoms in total. The second-order valence-corrected chi connectivity index (χ2v) is 4.79. The highest BCUT2D eigenvalue weighted by Gasteiger charge is 2.01. The van der Waals surface area contributed by atoms with Crippen molar-refractivity contribution in [3.05, 3.63) is 24.3 Å². The van der Waals surface area contributed by atoms with Crippen molar-refractivity contribution in [3.63, 3.8) is 0 Å². The second-order valence-electron chi connectivity index (χ2n) is 4.79. The molecule has 0 aliphatic heterocycles. The number of hydrogen-bond donors (Lipinski definition) is 0. The van der Waals surface area contributed by atoms with Crippen molar-refractivity contribution >= 4 is 11.9 Å². The summed E-state index contributed by atoms with van der Waals surface area (Å²) in [6.45, 7) is 14.4. The van der Waals surface area contributed by atoms with Crippen LogP contribution in [0.4, 0.5) is 0 Å². The van der Waals surface area contributed by atoms with Gasteiger partial charge in [-0.2, -0.15) is 0 Å². The molecule has 0 rings (SSSR count). The van der Waals surface area contributed by atoms with Gasteiger partial charge in [-0.25, -0.2) is 9.59 Å². The summed E-state index contributed by atoms with van der Waals surface area (Å²) in [6, 6.07) is 0. The minimum absolute atomic E-state index is 0.259. The fourth-order valence-corrected chi connectivity index (χ4v) is 0.993. The van der Waals surface area contributed by atoms with Gasteiger partial charge in [-0.15, -0.1) is 0 Å². The van der Waals surface area contributed by atoms with E-state index in [1.165, 1.54) is 0 Å².